The summed E-state index contributed by atoms with van der Waals surface area (Å²) in [7, 11) is 0. The third-order valence-corrected chi connectivity index (χ3v) is 3.62. The second-order valence-electron chi connectivity index (χ2n) is 4.98. The maximum absolute atomic E-state index is 11.0. The lowest BCUT2D eigenvalue weighted by molar-refractivity contribution is -0.142. The summed E-state index contributed by atoms with van der Waals surface area (Å²) in [6.45, 7) is 7.49. The second kappa shape index (κ2) is 5.71. The highest BCUT2D eigenvalue weighted by Gasteiger charge is 2.30. The standard InChI is InChI=1S/C13H20N2O2S/c1-8-5-9(2)15-11(6-8)18-10(3)7-13(4,14)12(16)17/h5-6,10H,7,14H2,1-4H3,(H,16,17). The predicted octanol–water partition coefficient (Wildman–Crippen LogP) is 2.37. The van der Waals surface area contributed by atoms with Gasteiger partial charge in [-0.25, -0.2) is 4.98 Å². The Morgan fingerprint density at radius 1 is 1.56 bits per heavy atom. The van der Waals surface area contributed by atoms with E-state index in [1.54, 1.807) is 18.7 Å². The fourth-order valence-electron chi connectivity index (χ4n) is 1.80. The Kier molecular flexibility index (Phi) is 4.76. The number of nitrogens with two attached hydrogens (primary N) is 1. The van der Waals surface area contributed by atoms with Gasteiger partial charge >= 0.3 is 5.97 Å². The Bertz CT molecular complexity index is 426. The van der Waals surface area contributed by atoms with E-state index in [2.05, 4.69) is 4.98 Å². The van der Waals surface area contributed by atoms with Crippen LogP contribution in [0.4, 0.5) is 0 Å². The van der Waals surface area contributed by atoms with Crippen molar-refractivity contribution in [2.75, 3.05) is 0 Å². The summed E-state index contributed by atoms with van der Waals surface area (Å²) in [5.41, 5.74) is 6.68. The number of aromatic nitrogens is 1. The molecule has 1 rings (SSSR count). The van der Waals surface area contributed by atoms with Crippen LogP contribution in [0.25, 0.3) is 0 Å². The lowest BCUT2D eigenvalue weighted by Crippen LogP contribution is -2.46. The highest BCUT2D eigenvalue weighted by molar-refractivity contribution is 7.99. The van der Waals surface area contributed by atoms with Crippen molar-refractivity contribution in [1.82, 2.24) is 4.98 Å². The molecule has 0 spiro atoms. The van der Waals surface area contributed by atoms with Gasteiger partial charge in [-0.15, -0.1) is 11.8 Å². The SMILES string of the molecule is Cc1cc(C)nc(SC(C)CC(C)(N)C(=O)O)c1. The van der Waals surface area contributed by atoms with Crippen molar-refractivity contribution < 1.29 is 9.90 Å². The van der Waals surface area contributed by atoms with Crippen molar-refractivity contribution in [3.05, 3.63) is 23.4 Å². The zero-order valence-corrected chi connectivity index (χ0v) is 12.0. The van der Waals surface area contributed by atoms with Gasteiger partial charge in [-0.2, -0.15) is 0 Å². The minimum absolute atomic E-state index is 0.102. The monoisotopic (exact) mass is 268 g/mol. The van der Waals surface area contributed by atoms with E-state index >= 15 is 0 Å². The predicted molar refractivity (Wildman–Crippen MR) is 73.9 cm³/mol. The van der Waals surface area contributed by atoms with Crippen LogP contribution in [-0.4, -0.2) is 26.8 Å². The Hall–Kier alpha value is -1.07. The van der Waals surface area contributed by atoms with E-state index in [0.717, 1.165) is 16.3 Å². The molecule has 4 nitrogen and oxygen atoms in total. The topological polar surface area (TPSA) is 76.2 Å². The van der Waals surface area contributed by atoms with Crippen molar-refractivity contribution in [2.45, 2.75) is 49.9 Å². The average molecular weight is 268 g/mol. The van der Waals surface area contributed by atoms with Crippen LogP contribution in [0.2, 0.25) is 0 Å². The van der Waals surface area contributed by atoms with Crippen LogP contribution in [0.3, 0.4) is 0 Å². The average Bonchev–Trinajstić information content (AvgIpc) is 2.13. The third kappa shape index (κ3) is 4.31. The van der Waals surface area contributed by atoms with Crippen LogP contribution in [0.1, 0.15) is 31.5 Å². The van der Waals surface area contributed by atoms with E-state index in [0.29, 0.717) is 6.42 Å². The summed E-state index contributed by atoms with van der Waals surface area (Å²) in [4.78, 5) is 15.4. The molecule has 0 fully saturated rings. The van der Waals surface area contributed by atoms with Crippen molar-refractivity contribution in [2.24, 2.45) is 5.73 Å². The highest BCUT2D eigenvalue weighted by atomic mass is 32.2. The molecule has 0 radical (unpaired) electrons. The number of hydrogen-bond donors (Lipinski definition) is 2. The highest BCUT2D eigenvalue weighted by Crippen LogP contribution is 2.27. The number of pyridine rings is 1. The molecule has 1 aromatic heterocycles. The number of rotatable bonds is 5. The Morgan fingerprint density at radius 3 is 2.67 bits per heavy atom. The van der Waals surface area contributed by atoms with E-state index < -0.39 is 11.5 Å². The van der Waals surface area contributed by atoms with E-state index in [-0.39, 0.29) is 5.25 Å². The van der Waals surface area contributed by atoms with Gasteiger partial charge in [-0.1, -0.05) is 6.92 Å². The van der Waals surface area contributed by atoms with Crippen molar-refractivity contribution >= 4 is 17.7 Å². The quantitative estimate of drug-likeness (QED) is 0.802. The maximum Gasteiger partial charge on any atom is 0.323 e. The second-order valence-corrected chi connectivity index (χ2v) is 6.44. The molecular formula is C13H20N2O2S. The minimum Gasteiger partial charge on any atom is -0.480 e. The van der Waals surface area contributed by atoms with Crippen molar-refractivity contribution in [3.63, 3.8) is 0 Å². The van der Waals surface area contributed by atoms with E-state index in [1.807, 2.05) is 32.9 Å². The van der Waals surface area contributed by atoms with Gasteiger partial charge in [0.25, 0.3) is 0 Å². The van der Waals surface area contributed by atoms with Gasteiger partial charge in [-0.05, 0) is 44.9 Å². The molecule has 0 aliphatic carbocycles. The van der Waals surface area contributed by atoms with Gasteiger partial charge in [0.1, 0.15) is 5.54 Å². The fourth-order valence-corrected chi connectivity index (χ4v) is 3.09. The summed E-state index contributed by atoms with van der Waals surface area (Å²) >= 11 is 1.56. The first-order chi connectivity index (χ1) is 8.20. The lowest BCUT2D eigenvalue weighted by Gasteiger charge is -2.22. The first-order valence-corrected chi connectivity index (χ1v) is 6.73. The normalized spacial score (nSPS) is 16.1. The van der Waals surface area contributed by atoms with E-state index in [4.69, 9.17) is 10.8 Å². The minimum atomic E-state index is -1.19. The van der Waals surface area contributed by atoms with E-state index in [1.165, 1.54) is 0 Å². The molecule has 2 unspecified atom stereocenters. The zero-order valence-electron chi connectivity index (χ0n) is 11.2. The Balaban J connectivity index is 2.70. The van der Waals surface area contributed by atoms with Gasteiger partial charge in [0.2, 0.25) is 0 Å². The molecule has 1 heterocycles. The van der Waals surface area contributed by atoms with Crippen LogP contribution in [0.15, 0.2) is 17.2 Å². The van der Waals surface area contributed by atoms with Crippen LogP contribution in [-0.2, 0) is 4.79 Å². The molecule has 0 aromatic carbocycles. The number of aliphatic carboxylic acids is 1. The number of hydrogen-bond acceptors (Lipinski definition) is 4. The molecule has 0 amide bonds. The van der Waals surface area contributed by atoms with Gasteiger partial charge in [0.05, 0.1) is 5.03 Å². The molecule has 100 valence electrons. The zero-order chi connectivity index (χ0) is 13.9. The largest absolute Gasteiger partial charge is 0.480 e. The van der Waals surface area contributed by atoms with Crippen molar-refractivity contribution in [1.29, 1.82) is 0 Å². The first-order valence-electron chi connectivity index (χ1n) is 5.85. The summed E-state index contributed by atoms with van der Waals surface area (Å²) in [5, 5.41) is 10.0. The number of carboxylic acids is 1. The van der Waals surface area contributed by atoms with Crippen molar-refractivity contribution in [3.8, 4) is 0 Å². The summed E-state index contributed by atoms with van der Waals surface area (Å²) in [6, 6.07) is 4.02. The molecule has 0 aliphatic heterocycles. The van der Waals surface area contributed by atoms with E-state index in [9.17, 15) is 4.79 Å². The maximum atomic E-state index is 11.0. The van der Waals surface area contributed by atoms with Gasteiger partial charge < -0.3 is 10.8 Å². The number of carbonyl (C=O) groups is 1. The molecule has 0 saturated carbocycles. The molecule has 5 heteroatoms. The van der Waals surface area contributed by atoms with Gasteiger partial charge in [-0.3, -0.25) is 4.79 Å². The first kappa shape index (κ1) is 15.0. The number of thioether (sulfide) groups is 1. The van der Waals surface area contributed by atoms with Gasteiger partial charge in [0.15, 0.2) is 0 Å². The summed E-state index contributed by atoms with van der Waals surface area (Å²) in [6.07, 6.45) is 0.404. The van der Waals surface area contributed by atoms with Crippen LogP contribution >= 0.6 is 11.8 Å². The number of aryl methyl sites for hydroxylation is 2. The molecular weight excluding hydrogens is 248 g/mol. The molecule has 2 atom stereocenters. The molecule has 1 aromatic rings. The number of carboxylic acid groups (broad SMARTS) is 1. The smallest absolute Gasteiger partial charge is 0.323 e. The lowest BCUT2D eigenvalue weighted by atomic mass is 9.98. The molecule has 0 bridgehead atoms. The fraction of sp³-hybridized carbons (Fsp3) is 0.538. The Labute approximate surface area is 112 Å². The molecule has 3 N–H and O–H groups in total. The summed E-state index contributed by atoms with van der Waals surface area (Å²) < 4.78 is 0. The van der Waals surface area contributed by atoms with Crippen LogP contribution in [0.5, 0.6) is 0 Å². The summed E-state index contributed by atoms with van der Waals surface area (Å²) in [5.74, 6) is -0.969. The van der Waals surface area contributed by atoms with Crippen LogP contribution < -0.4 is 5.73 Å². The Morgan fingerprint density at radius 2 is 2.17 bits per heavy atom. The number of nitrogens with zero attached hydrogens (tertiary/aromatic N) is 1. The molecule has 0 aliphatic rings. The molecule has 18 heavy (non-hydrogen) atoms. The van der Waals surface area contributed by atoms with Gasteiger partial charge in [0, 0.05) is 10.9 Å². The molecule has 0 saturated heterocycles. The van der Waals surface area contributed by atoms with Crippen LogP contribution in [0, 0.1) is 13.8 Å². The third-order valence-electron chi connectivity index (χ3n) is 2.60.